The topological polar surface area (TPSA) is 69.4 Å². The number of halogens is 1. The molecule has 15 heavy (non-hydrogen) atoms. The minimum Gasteiger partial charge on any atom is -0.461 e. The van der Waals surface area contributed by atoms with Crippen molar-refractivity contribution in [2.24, 2.45) is 0 Å². The van der Waals surface area contributed by atoms with E-state index in [-0.39, 0.29) is 12.3 Å². The smallest absolute Gasteiger partial charge is 0.302 e. The van der Waals surface area contributed by atoms with E-state index in [9.17, 15) is 14.9 Å². The average Bonchev–Trinajstić information content (AvgIpc) is 2.16. The number of non-ortho nitro benzene ring substituents is 1. The number of nitro benzene ring substituents is 1. The lowest BCUT2D eigenvalue weighted by molar-refractivity contribution is -0.385. The van der Waals surface area contributed by atoms with Crippen molar-refractivity contribution in [2.75, 3.05) is 0 Å². The molecule has 0 N–H and O–H groups in total. The molecule has 0 atom stereocenters. The number of benzene rings is 1. The summed E-state index contributed by atoms with van der Waals surface area (Å²) >= 11 is 3.22. The van der Waals surface area contributed by atoms with Crippen molar-refractivity contribution in [3.05, 3.63) is 38.3 Å². The molecule has 1 rings (SSSR count). The Morgan fingerprint density at radius 1 is 1.60 bits per heavy atom. The summed E-state index contributed by atoms with van der Waals surface area (Å²) in [5, 5.41) is 10.5. The van der Waals surface area contributed by atoms with Crippen LogP contribution in [0.3, 0.4) is 0 Å². The number of carbonyl (C=O) groups excluding carboxylic acids is 1. The van der Waals surface area contributed by atoms with Gasteiger partial charge in [0.15, 0.2) is 0 Å². The van der Waals surface area contributed by atoms with Crippen molar-refractivity contribution in [3.63, 3.8) is 0 Å². The molecule has 0 unspecified atom stereocenters. The Hall–Kier alpha value is -1.43. The van der Waals surface area contributed by atoms with E-state index >= 15 is 0 Å². The minimum atomic E-state index is -0.496. The number of carbonyl (C=O) groups is 1. The van der Waals surface area contributed by atoms with Gasteiger partial charge < -0.3 is 4.74 Å². The monoisotopic (exact) mass is 273 g/mol. The second-order valence-electron chi connectivity index (χ2n) is 2.81. The Morgan fingerprint density at radius 3 is 2.80 bits per heavy atom. The molecule has 0 saturated heterocycles. The van der Waals surface area contributed by atoms with Gasteiger partial charge in [-0.1, -0.05) is 15.9 Å². The third-order valence-corrected chi connectivity index (χ3v) is 2.44. The summed E-state index contributed by atoms with van der Waals surface area (Å²) in [7, 11) is 0. The molecule has 5 nitrogen and oxygen atoms in total. The highest BCUT2D eigenvalue weighted by Crippen LogP contribution is 2.23. The second-order valence-corrected chi connectivity index (χ2v) is 3.67. The number of nitro groups is 1. The maximum Gasteiger partial charge on any atom is 0.302 e. The third kappa shape index (κ3) is 3.32. The number of hydrogen-bond donors (Lipinski definition) is 0. The Kier molecular flexibility index (Phi) is 3.79. The first-order chi connectivity index (χ1) is 7.00. The minimum absolute atomic E-state index is 0.0254. The molecule has 6 heteroatoms. The largest absolute Gasteiger partial charge is 0.461 e. The van der Waals surface area contributed by atoms with Gasteiger partial charge in [-0.3, -0.25) is 14.9 Å². The number of hydrogen-bond acceptors (Lipinski definition) is 4. The molecular formula is C9H8BrNO4. The molecule has 0 heterocycles. The number of esters is 1. The zero-order valence-electron chi connectivity index (χ0n) is 7.90. The van der Waals surface area contributed by atoms with E-state index in [2.05, 4.69) is 15.9 Å². The van der Waals surface area contributed by atoms with Gasteiger partial charge in [0.2, 0.25) is 0 Å². The van der Waals surface area contributed by atoms with Crippen LogP contribution in [0.4, 0.5) is 5.69 Å². The number of nitrogens with zero attached hydrogens (tertiary/aromatic N) is 1. The summed E-state index contributed by atoms with van der Waals surface area (Å²) in [6.45, 7) is 1.31. The molecule has 0 spiro atoms. The van der Waals surface area contributed by atoms with Crippen molar-refractivity contribution in [3.8, 4) is 0 Å². The van der Waals surface area contributed by atoms with Crippen molar-refractivity contribution in [1.82, 2.24) is 0 Å². The Bertz CT molecular complexity index is 405. The fourth-order valence-electron chi connectivity index (χ4n) is 0.965. The van der Waals surface area contributed by atoms with E-state index in [0.29, 0.717) is 10.0 Å². The lowest BCUT2D eigenvalue weighted by Crippen LogP contribution is -2.00. The van der Waals surface area contributed by atoms with E-state index < -0.39 is 10.9 Å². The molecule has 0 amide bonds. The quantitative estimate of drug-likeness (QED) is 0.482. The molecule has 0 radical (unpaired) electrons. The lowest BCUT2D eigenvalue weighted by atomic mass is 10.2. The van der Waals surface area contributed by atoms with Crippen molar-refractivity contribution in [1.29, 1.82) is 0 Å². The van der Waals surface area contributed by atoms with Crippen LogP contribution in [0, 0.1) is 10.1 Å². The number of rotatable bonds is 3. The summed E-state index contributed by atoms with van der Waals surface area (Å²) in [6.07, 6.45) is 0. The first-order valence-electron chi connectivity index (χ1n) is 4.07. The van der Waals surface area contributed by atoms with E-state index in [4.69, 9.17) is 4.74 Å². The normalized spacial score (nSPS) is 9.73. The van der Waals surface area contributed by atoms with Gasteiger partial charge in [-0.2, -0.15) is 0 Å². The fraction of sp³-hybridized carbons (Fsp3) is 0.222. The molecule has 0 aliphatic carbocycles. The van der Waals surface area contributed by atoms with E-state index in [0.717, 1.165) is 0 Å². The molecule has 0 saturated carbocycles. The van der Waals surface area contributed by atoms with Gasteiger partial charge in [0.05, 0.1) is 4.92 Å². The first kappa shape index (κ1) is 11.6. The molecule has 0 aromatic heterocycles. The van der Waals surface area contributed by atoms with Gasteiger partial charge in [0.1, 0.15) is 6.61 Å². The summed E-state index contributed by atoms with van der Waals surface area (Å²) in [6, 6.07) is 4.30. The van der Waals surface area contributed by atoms with Crippen LogP contribution < -0.4 is 0 Å². The third-order valence-electron chi connectivity index (χ3n) is 1.67. The molecule has 0 aliphatic heterocycles. The van der Waals surface area contributed by atoms with Gasteiger partial charge in [-0.25, -0.2) is 0 Å². The van der Waals surface area contributed by atoms with Gasteiger partial charge in [-0.05, 0) is 6.07 Å². The van der Waals surface area contributed by atoms with Gasteiger partial charge in [-0.15, -0.1) is 0 Å². The lowest BCUT2D eigenvalue weighted by Gasteiger charge is -2.04. The standard InChI is InChI=1S/C9H8BrNO4/c1-6(12)15-5-7-4-8(11(13)14)2-3-9(7)10/h2-4H,5H2,1H3. The zero-order chi connectivity index (χ0) is 11.4. The Morgan fingerprint density at radius 2 is 2.27 bits per heavy atom. The second kappa shape index (κ2) is 4.88. The van der Waals surface area contributed by atoms with Crippen LogP contribution in [0.2, 0.25) is 0 Å². The molecule has 80 valence electrons. The van der Waals surface area contributed by atoms with Gasteiger partial charge in [0.25, 0.3) is 5.69 Å². The van der Waals surface area contributed by atoms with Gasteiger partial charge >= 0.3 is 5.97 Å². The van der Waals surface area contributed by atoms with Crippen LogP contribution >= 0.6 is 15.9 Å². The fourth-order valence-corrected chi connectivity index (χ4v) is 1.33. The molecule has 0 aliphatic rings. The molecule has 1 aromatic rings. The van der Waals surface area contributed by atoms with Crippen molar-refractivity contribution in [2.45, 2.75) is 13.5 Å². The highest BCUT2D eigenvalue weighted by molar-refractivity contribution is 9.10. The summed E-state index contributed by atoms with van der Waals surface area (Å²) in [5.74, 6) is -0.423. The van der Waals surface area contributed by atoms with Crippen molar-refractivity contribution < 1.29 is 14.5 Å². The van der Waals surface area contributed by atoms with E-state index in [1.807, 2.05) is 0 Å². The molecule has 0 bridgehead atoms. The molecule has 1 aromatic carbocycles. The summed E-state index contributed by atoms with van der Waals surface area (Å²) in [5.41, 5.74) is 0.541. The zero-order valence-corrected chi connectivity index (χ0v) is 9.48. The maximum atomic E-state index is 10.6. The van der Waals surface area contributed by atoms with Crippen LogP contribution in [0.25, 0.3) is 0 Å². The molecular weight excluding hydrogens is 266 g/mol. The predicted molar refractivity (Wildman–Crippen MR) is 56.3 cm³/mol. The van der Waals surface area contributed by atoms with E-state index in [1.165, 1.54) is 19.1 Å². The maximum absolute atomic E-state index is 10.6. The van der Waals surface area contributed by atoms with Crippen LogP contribution in [0.5, 0.6) is 0 Å². The summed E-state index contributed by atoms with van der Waals surface area (Å²) < 4.78 is 5.43. The molecule has 0 fully saturated rings. The number of ether oxygens (including phenoxy) is 1. The highest BCUT2D eigenvalue weighted by atomic mass is 79.9. The first-order valence-corrected chi connectivity index (χ1v) is 4.86. The van der Waals surface area contributed by atoms with Crippen LogP contribution in [-0.4, -0.2) is 10.9 Å². The average molecular weight is 274 g/mol. The van der Waals surface area contributed by atoms with E-state index in [1.54, 1.807) is 6.07 Å². The van der Waals surface area contributed by atoms with Crippen molar-refractivity contribution >= 4 is 27.6 Å². The van der Waals surface area contributed by atoms with Crippen LogP contribution in [-0.2, 0) is 16.1 Å². The Labute approximate surface area is 94.3 Å². The van der Waals surface area contributed by atoms with Gasteiger partial charge in [0, 0.05) is 29.1 Å². The summed E-state index contributed by atoms with van der Waals surface area (Å²) in [4.78, 5) is 20.6. The van der Waals surface area contributed by atoms with Crippen LogP contribution in [0.15, 0.2) is 22.7 Å². The van der Waals surface area contributed by atoms with Crippen LogP contribution in [0.1, 0.15) is 12.5 Å². The highest BCUT2D eigenvalue weighted by Gasteiger charge is 2.10. The predicted octanol–water partition coefficient (Wildman–Crippen LogP) is 2.42. The SMILES string of the molecule is CC(=O)OCc1cc([N+](=O)[O-])ccc1Br. The Balaban J connectivity index is 2.90.